The van der Waals surface area contributed by atoms with Gasteiger partial charge in [-0.05, 0) is 48.5 Å². The molecule has 0 aliphatic rings. The predicted molar refractivity (Wildman–Crippen MR) is 114 cm³/mol. The number of nitrogens with one attached hydrogen (secondary N) is 2. The molecule has 0 amide bonds. The van der Waals surface area contributed by atoms with Crippen LogP contribution in [0.25, 0.3) is 16.9 Å². The number of carbonyl (C=O) groups is 1. The SMILES string of the molecule is CS(=O)(=O)Nc1ccc(-c2cccc3nc(Nc4ccc(C(=O)O)cc4)nn23)cc1. The number of carboxylic acids is 1. The number of nitrogens with zero attached hydrogens (tertiary/aromatic N) is 3. The molecule has 152 valence electrons. The van der Waals surface area contributed by atoms with Gasteiger partial charge < -0.3 is 10.4 Å². The molecule has 0 spiro atoms. The molecule has 3 N–H and O–H groups in total. The molecule has 2 heterocycles. The van der Waals surface area contributed by atoms with Gasteiger partial charge in [-0.25, -0.2) is 17.7 Å². The van der Waals surface area contributed by atoms with Gasteiger partial charge in [0.25, 0.3) is 0 Å². The summed E-state index contributed by atoms with van der Waals surface area (Å²) in [6.07, 6.45) is 1.10. The first-order chi connectivity index (χ1) is 14.3. The van der Waals surface area contributed by atoms with E-state index in [-0.39, 0.29) is 5.56 Å². The van der Waals surface area contributed by atoms with Crippen molar-refractivity contribution in [3.63, 3.8) is 0 Å². The Bertz CT molecular complexity index is 1330. The highest BCUT2D eigenvalue weighted by molar-refractivity contribution is 7.92. The van der Waals surface area contributed by atoms with Gasteiger partial charge in [0, 0.05) is 16.9 Å². The Morgan fingerprint density at radius 1 is 0.967 bits per heavy atom. The van der Waals surface area contributed by atoms with Gasteiger partial charge in [0.15, 0.2) is 5.65 Å². The maximum atomic E-state index is 11.4. The van der Waals surface area contributed by atoms with Crippen LogP contribution in [0.15, 0.2) is 66.7 Å². The fraction of sp³-hybridized carbons (Fsp3) is 0.0500. The van der Waals surface area contributed by atoms with Crippen LogP contribution in [0, 0.1) is 0 Å². The molecule has 4 rings (SSSR count). The molecule has 0 saturated heterocycles. The van der Waals surface area contributed by atoms with E-state index in [1.807, 2.05) is 18.2 Å². The average Bonchev–Trinajstić information content (AvgIpc) is 3.10. The molecular weight excluding hydrogens is 406 g/mol. The Labute approximate surface area is 172 Å². The number of benzene rings is 2. The zero-order valence-electron chi connectivity index (χ0n) is 15.8. The molecule has 0 aliphatic carbocycles. The molecule has 30 heavy (non-hydrogen) atoms. The highest BCUT2D eigenvalue weighted by Gasteiger charge is 2.10. The van der Waals surface area contributed by atoms with Crippen LogP contribution in [0.5, 0.6) is 0 Å². The van der Waals surface area contributed by atoms with Crippen LogP contribution in [-0.4, -0.2) is 40.3 Å². The van der Waals surface area contributed by atoms with E-state index in [0.717, 1.165) is 17.5 Å². The molecule has 0 aliphatic heterocycles. The summed E-state index contributed by atoms with van der Waals surface area (Å²) in [5, 5.41) is 16.5. The lowest BCUT2D eigenvalue weighted by Crippen LogP contribution is -2.09. The molecule has 2 aromatic carbocycles. The van der Waals surface area contributed by atoms with Crippen molar-refractivity contribution in [2.75, 3.05) is 16.3 Å². The summed E-state index contributed by atoms with van der Waals surface area (Å²) >= 11 is 0. The third-order valence-electron chi connectivity index (χ3n) is 4.23. The van der Waals surface area contributed by atoms with Crippen molar-refractivity contribution in [1.29, 1.82) is 0 Å². The molecule has 0 bridgehead atoms. The van der Waals surface area contributed by atoms with Crippen LogP contribution in [0.4, 0.5) is 17.3 Å². The zero-order chi connectivity index (χ0) is 21.3. The molecule has 0 fully saturated rings. The van der Waals surface area contributed by atoms with Crippen LogP contribution in [0.2, 0.25) is 0 Å². The number of hydrogen-bond acceptors (Lipinski definition) is 6. The Balaban J connectivity index is 1.63. The minimum absolute atomic E-state index is 0.194. The smallest absolute Gasteiger partial charge is 0.335 e. The van der Waals surface area contributed by atoms with E-state index in [1.165, 1.54) is 12.1 Å². The van der Waals surface area contributed by atoms with Crippen molar-refractivity contribution in [3.05, 3.63) is 72.3 Å². The minimum Gasteiger partial charge on any atom is -0.478 e. The predicted octanol–water partition coefficient (Wildman–Crippen LogP) is 3.21. The number of hydrogen-bond donors (Lipinski definition) is 3. The summed E-state index contributed by atoms with van der Waals surface area (Å²) in [6.45, 7) is 0. The lowest BCUT2D eigenvalue weighted by atomic mass is 10.1. The molecule has 0 saturated carbocycles. The molecule has 10 heteroatoms. The van der Waals surface area contributed by atoms with Crippen molar-refractivity contribution in [2.24, 2.45) is 0 Å². The molecule has 0 radical (unpaired) electrons. The molecular formula is C20H17N5O4S. The van der Waals surface area contributed by atoms with Gasteiger partial charge in [-0.2, -0.15) is 4.98 Å². The van der Waals surface area contributed by atoms with E-state index in [9.17, 15) is 13.2 Å². The van der Waals surface area contributed by atoms with Crippen molar-refractivity contribution >= 4 is 39.0 Å². The van der Waals surface area contributed by atoms with E-state index in [1.54, 1.807) is 40.9 Å². The first-order valence-electron chi connectivity index (χ1n) is 8.83. The van der Waals surface area contributed by atoms with Crippen molar-refractivity contribution in [2.45, 2.75) is 0 Å². The topological polar surface area (TPSA) is 126 Å². The second-order valence-electron chi connectivity index (χ2n) is 6.58. The van der Waals surface area contributed by atoms with E-state index < -0.39 is 16.0 Å². The van der Waals surface area contributed by atoms with E-state index >= 15 is 0 Å². The van der Waals surface area contributed by atoms with Crippen LogP contribution >= 0.6 is 0 Å². The summed E-state index contributed by atoms with van der Waals surface area (Å²) in [5.41, 5.74) is 3.56. The number of carboxylic acid groups (broad SMARTS) is 1. The van der Waals surface area contributed by atoms with Gasteiger partial charge in [0.2, 0.25) is 16.0 Å². The summed E-state index contributed by atoms with van der Waals surface area (Å²) in [6, 6.07) is 18.8. The number of aromatic nitrogens is 3. The molecule has 9 nitrogen and oxygen atoms in total. The maximum absolute atomic E-state index is 11.4. The van der Waals surface area contributed by atoms with Crippen molar-refractivity contribution in [1.82, 2.24) is 14.6 Å². The van der Waals surface area contributed by atoms with E-state index in [0.29, 0.717) is 23.0 Å². The first-order valence-corrected chi connectivity index (χ1v) is 10.7. The van der Waals surface area contributed by atoms with Crippen LogP contribution in [0.1, 0.15) is 10.4 Å². The summed E-state index contributed by atoms with van der Waals surface area (Å²) in [7, 11) is -3.34. The van der Waals surface area contributed by atoms with Crippen LogP contribution < -0.4 is 10.0 Å². The Morgan fingerprint density at radius 2 is 1.63 bits per heavy atom. The molecule has 4 aromatic rings. The number of fused-ring (bicyclic) bond motifs is 1. The molecule has 0 atom stereocenters. The van der Waals surface area contributed by atoms with Gasteiger partial charge in [0.05, 0.1) is 17.5 Å². The third-order valence-corrected chi connectivity index (χ3v) is 4.84. The van der Waals surface area contributed by atoms with Gasteiger partial charge in [-0.15, -0.1) is 5.10 Å². The van der Waals surface area contributed by atoms with E-state index in [2.05, 4.69) is 20.1 Å². The highest BCUT2D eigenvalue weighted by Crippen LogP contribution is 2.24. The summed E-state index contributed by atoms with van der Waals surface area (Å²) in [5.74, 6) is -0.629. The van der Waals surface area contributed by atoms with E-state index in [4.69, 9.17) is 5.11 Å². The van der Waals surface area contributed by atoms with Crippen LogP contribution in [-0.2, 0) is 10.0 Å². The van der Waals surface area contributed by atoms with Gasteiger partial charge in [-0.1, -0.05) is 18.2 Å². The lowest BCUT2D eigenvalue weighted by Gasteiger charge is -2.07. The van der Waals surface area contributed by atoms with Gasteiger partial charge >= 0.3 is 5.97 Å². The second-order valence-corrected chi connectivity index (χ2v) is 8.32. The first kappa shape index (κ1) is 19.4. The monoisotopic (exact) mass is 423 g/mol. The summed E-state index contributed by atoms with van der Waals surface area (Å²) in [4.78, 5) is 15.4. The van der Waals surface area contributed by atoms with Gasteiger partial charge in [0.1, 0.15) is 0 Å². The fourth-order valence-corrected chi connectivity index (χ4v) is 3.49. The third kappa shape index (κ3) is 4.23. The fourth-order valence-electron chi connectivity index (χ4n) is 2.93. The number of pyridine rings is 1. The van der Waals surface area contributed by atoms with Crippen molar-refractivity contribution < 1.29 is 18.3 Å². The van der Waals surface area contributed by atoms with Gasteiger partial charge in [-0.3, -0.25) is 4.72 Å². The molecule has 0 unspecified atom stereocenters. The normalized spacial score (nSPS) is 11.4. The van der Waals surface area contributed by atoms with Crippen molar-refractivity contribution in [3.8, 4) is 11.3 Å². The quantitative estimate of drug-likeness (QED) is 0.435. The largest absolute Gasteiger partial charge is 0.478 e. The lowest BCUT2D eigenvalue weighted by molar-refractivity contribution is 0.0697. The standard InChI is InChI=1S/C20H17N5O4S/c1-30(28,29)24-16-11-5-13(6-12-16)17-3-2-4-18-22-20(23-25(17)18)21-15-9-7-14(8-10-15)19(26)27/h2-12,24H,1H3,(H,21,23)(H,26,27). The number of rotatable bonds is 6. The zero-order valence-corrected chi connectivity index (χ0v) is 16.6. The number of sulfonamides is 1. The highest BCUT2D eigenvalue weighted by atomic mass is 32.2. The number of anilines is 3. The average molecular weight is 423 g/mol. The number of aromatic carboxylic acids is 1. The Morgan fingerprint density at radius 3 is 2.27 bits per heavy atom. The Hall–Kier alpha value is -3.92. The minimum atomic E-state index is -3.34. The maximum Gasteiger partial charge on any atom is 0.335 e. The summed E-state index contributed by atoms with van der Waals surface area (Å²) < 4.78 is 26.8. The van der Waals surface area contributed by atoms with Crippen LogP contribution in [0.3, 0.4) is 0 Å². The Kier molecular flexibility index (Phi) is 4.84. The second kappa shape index (κ2) is 7.48. The molecule has 2 aromatic heterocycles.